The number of quaternary nitrogens is 1. The largest absolute Gasteiger partial charge is 0.462 e. The first-order chi connectivity index (χ1) is 7.52. The summed E-state index contributed by atoms with van der Waals surface area (Å²) in [6.07, 6.45) is 1.54. The molecule has 1 N–H and O–H groups in total. The number of hydrogen-bond acceptors (Lipinski definition) is 3. The molecule has 0 aliphatic carbocycles. The molecule has 0 aromatic rings. The standard InChI is InChI=1S/C12H24NO3/c1-5-12(15)16-10-8-9-13(6-2,7-3)11(4)14/h5,11,14H,1,6-10H2,2-4H3/q+1. The van der Waals surface area contributed by atoms with Crippen LogP contribution in [0.15, 0.2) is 12.7 Å². The molecule has 16 heavy (non-hydrogen) atoms. The number of ether oxygens (including phenoxy) is 1. The number of nitrogens with zero attached hydrogens (tertiary/aromatic N) is 1. The van der Waals surface area contributed by atoms with Crippen molar-refractivity contribution in [1.82, 2.24) is 0 Å². The Labute approximate surface area is 98.1 Å². The lowest BCUT2D eigenvalue weighted by Gasteiger charge is -2.39. The molecule has 0 bridgehead atoms. The fraction of sp³-hybridized carbons (Fsp3) is 0.750. The topological polar surface area (TPSA) is 46.5 Å². The van der Waals surface area contributed by atoms with E-state index >= 15 is 0 Å². The molecule has 0 aliphatic heterocycles. The normalized spacial score (nSPS) is 13.2. The van der Waals surface area contributed by atoms with Gasteiger partial charge in [0.25, 0.3) is 0 Å². The zero-order valence-electron chi connectivity index (χ0n) is 10.6. The van der Waals surface area contributed by atoms with Crippen molar-refractivity contribution < 1.29 is 19.1 Å². The van der Waals surface area contributed by atoms with Gasteiger partial charge in [-0.25, -0.2) is 4.79 Å². The number of hydrogen-bond donors (Lipinski definition) is 1. The first kappa shape index (κ1) is 15.1. The van der Waals surface area contributed by atoms with E-state index in [-0.39, 0.29) is 12.2 Å². The third kappa shape index (κ3) is 4.33. The average molecular weight is 230 g/mol. The fourth-order valence-electron chi connectivity index (χ4n) is 1.87. The molecule has 0 rings (SSSR count). The lowest BCUT2D eigenvalue weighted by Crippen LogP contribution is -2.54. The van der Waals surface area contributed by atoms with E-state index in [0.29, 0.717) is 11.1 Å². The number of aliphatic hydroxyl groups excluding tert-OH is 1. The van der Waals surface area contributed by atoms with Crippen LogP contribution in [0.4, 0.5) is 0 Å². The maximum atomic E-state index is 10.8. The Morgan fingerprint density at radius 2 is 2.06 bits per heavy atom. The van der Waals surface area contributed by atoms with Gasteiger partial charge in [-0.2, -0.15) is 0 Å². The van der Waals surface area contributed by atoms with Crippen LogP contribution in [0, 0.1) is 0 Å². The van der Waals surface area contributed by atoms with Gasteiger partial charge in [0.05, 0.1) is 26.2 Å². The van der Waals surface area contributed by atoms with Gasteiger partial charge in [-0.1, -0.05) is 6.58 Å². The molecule has 4 heteroatoms. The Morgan fingerprint density at radius 1 is 1.50 bits per heavy atom. The first-order valence-electron chi connectivity index (χ1n) is 5.85. The molecule has 94 valence electrons. The predicted molar refractivity (Wildman–Crippen MR) is 63.7 cm³/mol. The van der Waals surface area contributed by atoms with Crippen molar-refractivity contribution in [2.24, 2.45) is 0 Å². The molecule has 0 fully saturated rings. The van der Waals surface area contributed by atoms with Crippen molar-refractivity contribution in [3.05, 3.63) is 12.7 Å². The van der Waals surface area contributed by atoms with Crippen LogP contribution in [-0.4, -0.2) is 48.0 Å². The van der Waals surface area contributed by atoms with Crippen molar-refractivity contribution in [3.63, 3.8) is 0 Å². The number of rotatable bonds is 8. The number of aliphatic hydroxyl groups is 1. The summed E-state index contributed by atoms with van der Waals surface area (Å²) >= 11 is 0. The zero-order chi connectivity index (χ0) is 12.6. The van der Waals surface area contributed by atoms with Crippen molar-refractivity contribution >= 4 is 5.97 Å². The van der Waals surface area contributed by atoms with Gasteiger partial charge in [-0.3, -0.25) is 4.48 Å². The second kappa shape index (κ2) is 7.41. The quantitative estimate of drug-likeness (QED) is 0.225. The SMILES string of the molecule is C=CC(=O)OCCC[N+](CC)(CC)C(C)O. The van der Waals surface area contributed by atoms with E-state index in [0.717, 1.165) is 32.1 Å². The van der Waals surface area contributed by atoms with Crippen LogP contribution >= 0.6 is 0 Å². The molecular weight excluding hydrogens is 206 g/mol. The van der Waals surface area contributed by atoms with Crippen molar-refractivity contribution in [1.29, 1.82) is 0 Å². The summed E-state index contributed by atoms with van der Waals surface area (Å²) in [7, 11) is 0. The van der Waals surface area contributed by atoms with E-state index in [1.807, 2.05) is 6.92 Å². The van der Waals surface area contributed by atoms with Crippen LogP contribution in [0.2, 0.25) is 0 Å². The first-order valence-corrected chi connectivity index (χ1v) is 5.85. The van der Waals surface area contributed by atoms with Gasteiger partial charge in [0.15, 0.2) is 6.23 Å². The molecule has 0 spiro atoms. The van der Waals surface area contributed by atoms with Crippen LogP contribution in [0.25, 0.3) is 0 Å². The number of esters is 1. The highest BCUT2D eigenvalue weighted by Crippen LogP contribution is 2.12. The summed E-state index contributed by atoms with van der Waals surface area (Å²) < 4.78 is 5.55. The molecule has 0 aliphatic rings. The van der Waals surface area contributed by atoms with E-state index < -0.39 is 0 Å². The molecule has 0 radical (unpaired) electrons. The second-order valence-corrected chi connectivity index (χ2v) is 3.93. The van der Waals surface area contributed by atoms with Gasteiger partial charge in [-0.05, 0) is 13.8 Å². The molecule has 0 heterocycles. The molecule has 1 atom stereocenters. The minimum absolute atomic E-state index is 0.384. The lowest BCUT2D eigenvalue weighted by atomic mass is 10.2. The number of carbonyl (C=O) groups is 1. The van der Waals surface area contributed by atoms with E-state index in [9.17, 15) is 9.90 Å². The van der Waals surface area contributed by atoms with E-state index in [2.05, 4.69) is 20.4 Å². The summed E-state index contributed by atoms with van der Waals surface area (Å²) in [5, 5.41) is 9.77. The highest BCUT2D eigenvalue weighted by molar-refractivity contribution is 5.81. The summed E-state index contributed by atoms with van der Waals surface area (Å²) in [5.41, 5.74) is 0. The van der Waals surface area contributed by atoms with E-state index in [1.165, 1.54) is 0 Å². The lowest BCUT2D eigenvalue weighted by molar-refractivity contribution is -0.966. The van der Waals surface area contributed by atoms with Crippen molar-refractivity contribution in [2.45, 2.75) is 33.4 Å². The monoisotopic (exact) mass is 230 g/mol. The van der Waals surface area contributed by atoms with Crippen LogP contribution in [0.5, 0.6) is 0 Å². The Kier molecular flexibility index (Phi) is 7.01. The highest BCUT2D eigenvalue weighted by Gasteiger charge is 2.28. The summed E-state index contributed by atoms with van der Waals surface area (Å²) in [6.45, 7) is 12.2. The maximum Gasteiger partial charge on any atom is 0.330 e. The van der Waals surface area contributed by atoms with Crippen LogP contribution in [0.1, 0.15) is 27.2 Å². The summed E-state index contributed by atoms with van der Waals surface area (Å²) in [6, 6.07) is 0. The maximum absolute atomic E-state index is 10.8. The third-order valence-electron chi connectivity index (χ3n) is 3.21. The van der Waals surface area contributed by atoms with Crippen molar-refractivity contribution in [2.75, 3.05) is 26.2 Å². The molecule has 0 aromatic carbocycles. The van der Waals surface area contributed by atoms with Gasteiger partial charge in [0, 0.05) is 19.4 Å². The van der Waals surface area contributed by atoms with Crippen LogP contribution < -0.4 is 0 Å². The Morgan fingerprint density at radius 3 is 2.44 bits per heavy atom. The van der Waals surface area contributed by atoms with Gasteiger partial charge in [0.1, 0.15) is 0 Å². The minimum atomic E-state index is -0.386. The number of carbonyl (C=O) groups excluding carboxylic acids is 1. The molecule has 1 unspecified atom stereocenters. The van der Waals surface area contributed by atoms with E-state index in [1.54, 1.807) is 0 Å². The molecular formula is C12H24NO3+. The van der Waals surface area contributed by atoms with Crippen LogP contribution in [0.3, 0.4) is 0 Å². The van der Waals surface area contributed by atoms with Crippen LogP contribution in [-0.2, 0) is 9.53 Å². The van der Waals surface area contributed by atoms with Gasteiger partial charge < -0.3 is 9.84 Å². The van der Waals surface area contributed by atoms with Gasteiger partial charge in [0.2, 0.25) is 0 Å². The Bertz CT molecular complexity index is 222. The molecule has 4 nitrogen and oxygen atoms in total. The van der Waals surface area contributed by atoms with Gasteiger partial charge >= 0.3 is 5.97 Å². The molecule has 0 saturated carbocycles. The fourth-order valence-corrected chi connectivity index (χ4v) is 1.87. The zero-order valence-corrected chi connectivity index (χ0v) is 10.6. The highest BCUT2D eigenvalue weighted by atomic mass is 16.5. The molecule has 0 aromatic heterocycles. The second-order valence-electron chi connectivity index (χ2n) is 3.93. The van der Waals surface area contributed by atoms with Gasteiger partial charge in [-0.15, -0.1) is 0 Å². The minimum Gasteiger partial charge on any atom is -0.462 e. The predicted octanol–water partition coefficient (Wildman–Crippen LogP) is 1.30. The summed E-state index contributed by atoms with van der Waals surface area (Å²) in [4.78, 5) is 10.8. The average Bonchev–Trinajstić information content (AvgIpc) is 2.29. The summed E-state index contributed by atoms with van der Waals surface area (Å²) in [5.74, 6) is -0.386. The third-order valence-corrected chi connectivity index (χ3v) is 3.21. The van der Waals surface area contributed by atoms with Crippen molar-refractivity contribution in [3.8, 4) is 0 Å². The van der Waals surface area contributed by atoms with E-state index in [4.69, 9.17) is 4.74 Å². The smallest absolute Gasteiger partial charge is 0.330 e. The Hall–Kier alpha value is -0.870. The molecule has 0 saturated heterocycles. The molecule has 0 amide bonds. The Balaban J connectivity index is 4.03.